The molecule has 0 bridgehead atoms. The second-order valence-electron chi connectivity index (χ2n) is 4.37. The van der Waals surface area contributed by atoms with Crippen molar-refractivity contribution in [2.24, 2.45) is 5.73 Å². The molecule has 0 heterocycles. The lowest BCUT2D eigenvalue weighted by atomic mass is 9.88. The first-order valence-corrected chi connectivity index (χ1v) is 5.63. The minimum atomic E-state index is 0.502. The van der Waals surface area contributed by atoms with Crippen LogP contribution in [0.5, 0.6) is 0 Å². The number of fused-ring (bicyclic) bond motifs is 1. The van der Waals surface area contributed by atoms with Gasteiger partial charge in [0.05, 0.1) is 0 Å². The van der Waals surface area contributed by atoms with E-state index < -0.39 is 0 Å². The highest BCUT2D eigenvalue weighted by molar-refractivity contribution is 5.35. The molecule has 1 aliphatic rings. The summed E-state index contributed by atoms with van der Waals surface area (Å²) in [6, 6.07) is 6.92. The Morgan fingerprint density at radius 1 is 1.21 bits per heavy atom. The Labute approximate surface area is 86.3 Å². The highest BCUT2D eigenvalue weighted by Gasteiger charge is 2.11. The maximum Gasteiger partial charge on any atom is -0.00109 e. The summed E-state index contributed by atoms with van der Waals surface area (Å²) < 4.78 is 0. The van der Waals surface area contributed by atoms with Crippen LogP contribution in [-0.2, 0) is 12.8 Å². The Bertz CT molecular complexity index is 317. The molecular formula is C13H19N. The summed E-state index contributed by atoms with van der Waals surface area (Å²) in [7, 11) is 0. The van der Waals surface area contributed by atoms with Crippen molar-refractivity contribution >= 4 is 0 Å². The molecule has 2 N–H and O–H groups in total. The van der Waals surface area contributed by atoms with Crippen molar-refractivity contribution in [2.75, 3.05) is 6.54 Å². The van der Waals surface area contributed by atoms with Crippen molar-refractivity contribution in [3.05, 3.63) is 34.9 Å². The molecule has 14 heavy (non-hydrogen) atoms. The fourth-order valence-corrected chi connectivity index (χ4v) is 2.20. The molecule has 0 saturated carbocycles. The summed E-state index contributed by atoms with van der Waals surface area (Å²) in [5.74, 6) is 0.502. The van der Waals surface area contributed by atoms with E-state index in [-0.39, 0.29) is 0 Å². The van der Waals surface area contributed by atoms with Crippen molar-refractivity contribution in [1.29, 1.82) is 0 Å². The van der Waals surface area contributed by atoms with Crippen LogP contribution in [0.4, 0.5) is 0 Å². The van der Waals surface area contributed by atoms with Gasteiger partial charge in [0, 0.05) is 0 Å². The topological polar surface area (TPSA) is 26.0 Å². The fraction of sp³-hybridized carbons (Fsp3) is 0.538. The normalized spacial score (nSPS) is 17.6. The number of aryl methyl sites for hydroxylation is 2. The molecule has 1 nitrogen and oxygen atoms in total. The molecule has 0 aromatic heterocycles. The van der Waals surface area contributed by atoms with Crippen LogP contribution in [0.15, 0.2) is 18.2 Å². The molecule has 1 aromatic rings. The molecule has 2 rings (SSSR count). The van der Waals surface area contributed by atoms with Gasteiger partial charge in [-0.25, -0.2) is 0 Å². The third-order valence-corrected chi connectivity index (χ3v) is 3.30. The molecule has 0 amide bonds. The molecule has 0 radical (unpaired) electrons. The van der Waals surface area contributed by atoms with E-state index in [9.17, 15) is 0 Å². The Hall–Kier alpha value is -0.820. The van der Waals surface area contributed by atoms with Crippen LogP contribution in [0.1, 0.15) is 42.4 Å². The Kier molecular flexibility index (Phi) is 2.87. The highest BCUT2D eigenvalue weighted by atomic mass is 14.5. The second kappa shape index (κ2) is 4.14. The second-order valence-corrected chi connectivity index (χ2v) is 4.37. The lowest BCUT2D eigenvalue weighted by Crippen LogP contribution is -2.10. The maximum atomic E-state index is 5.68. The van der Waals surface area contributed by atoms with Crippen molar-refractivity contribution in [1.82, 2.24) is 0 Å². The van der Waals surface area contributed by atoms with Crippen LogP contribution >= 0.6 is 0 Å². The SMILES string of the molecule is CC(CN)c1ccc2c(c1)CCCC2. The zero-order valence-corrected chi connectivity index (χ0v) is 8.92. The summed E-state index contributed by atoms with van der Waals surface area (Å²) in [6.07, 6.45) is 5.25. The molecule has 0 fully saturated rings. The predicted molar refractivity (Wildman–Crippen MR) is 60.6 cm³/mol. The number of hydrogen-bond donors (Lipinski definition) is 1. The average molecular weight is 189 g/mol. The Balaban J connectivity index is 2.29. The van der Waals surface area contributed by atoms with Crippen molar-refractivity contribution in [3.8, 4) is 0 Å². The van der Waals surface area contributed by atoms with E-state index in [2.05, 4.69) is 25.1 Å². The van der Waals surface area contributed by atoms with Crippen LogP contribution in [0.25, 0.3) is 0 Å². The van der Waals surface area contributed by atoms with E-state index in [0.29, 0.717) is 5.92 Å². The van der Waals surface area contributed by atoms with Crippen LogP contribution < -0.4 is 5.73 Å². The van der Waals surface area contributed by atoms with Crippen molar-refractivity contribution in [3.63, 3.8) is 0 Å². The molecule has 1 atom stereocenters. The smallest absolute Gasteiger partial charge is 0.00109 e. The highest BCUT2D eigenvalue weighted by Crippen LogP contribution is 2.24. The summed E-state index contributed by atoms with van der Waals surface area (Å²) >= 11 is 0. The van der Waals surface area contributed by atoms with E-state index in [1.165, 1.54) is 31.2 Å². The van der Waals surface area contributed by atoms with Gasteiger partial charge in [0.2, 0.25) is 0 Å². The zero-order valence-electron chi connectivity index (χ0n) is 8.92. The molecule has 1 unspecified atom stereocenters. The molecule has 0 aliphatic heterocycles. The van der Waals surface area contributed by atoms with Gasteiger partial charge in [-0.15, -0.1) is 0 Å². The van der Waals surface area contributed by atoms with E-state index in [1.54, 1.807) is 11.1 Å². The molecular weight excluding hydrogens is 170 g/mol. The van der Waals surface area contributed by atoms with E-state index in [1.807, 2.05) is 0 Å². The quantitative estimate of drug-likeness (QED) is 0.760. The largest absolute Gasteiger partial charge is 0.330 e. The molecule has 0 spiro atoms. The third kappa shape index (κ3) is 1.83. The van der Waals surface area contributed by atoms with Crippen LogP contribution in [0.2, 0.25) is 0 Å². The third-order valence-electron chi connectivity index (χ3n) is 3.30. The van der Waals surface area contributed by atoms with Gasteiger partial charge in [-0.2, -0.15) is 0 Å². The summed E-state index contributed by atoms with van der Waals surface area (Å²) in [6.45, 7) is 2.95. The lowest BCUT2D eigenvalue weighted by molar-refractivity contribution is 0.680. The van der Waals surface area contributed by atoms with Gasteiger partial charge in [-0.1, -0.05) is 25.1 Å². The first-order valence-electron chi connectivity index (χ1n) is 5.63. The maximum absolute atomic E-state index is 5.68. The number of nitrogens with two attached hydrogens (primary N) is 1. The van der Waals surface area contributed by atoms with Gasteiger partial charge < -0.3 is 5.73 Å². The van der Waals surface area contributed by atoms with Gasteiger partial charge in [-0.3, -0.25) is 0 Å². The summed E-state index contributed by atoms with van der Waals surface area (Å²) in [5.41, 5.74) is 10.2. The number of rotatable bonds is 2. The van der Waals surface area contributed by atoms with Gasteiger partial charge in [-0.05, 0) is 54.8 Å². The lowest BCUT2D eigenvalue weighted by Gasteiger charge is -2.18. The monoisotopic (exact) mass is 189 g/mol. The van der Waals surface area contributed by atoms with Crippen LogP contribution in [0.3, 0.4) is 0 Å². The first-order chi connectivity index (χ1) is 6.81. The van der Waals surface area contributed by atoms with Gasteiger partial charge in [0.1, 0.15) is 0 Å². The van der Waals surface area contributed by atoms with Crippen LogP contribution in [0, 0.1) is 0 Å². The molecule has 1 aliphatic carbocycles. The molecule has 76 valence electrons. The van der Waals surface area contributed by atoms with Crippen LogP contribution in [-0.4, -0.2) is 6.54 Å². The average Bonchev–Trinajstić information content (AvgIpc) is 2.27. The van der Waals surface area contributed by atoms with E-state index in [0.717, 1.165) is 6.54 Å². The minimum absolute atomic E-state index is 0.502. The summed E-state index contributed by atoms with van der Waals surface area (Å²) in [5, 5.41) is 0. The Morgan fingerprint density at radius 3 is 2.64 bits per heavy atom. The molecule has 1 aromatic carbocycles. The van der Waals surface area contributed by atoms with Crippen molar-refractivity contribution in [2.45, 2.75) is 38.5 Å². The predicted octanol–water partition coefficient (Wildman–Crippen LogP) is 2.63. The minimum Gasteiger partial charge on any atom is -0.330 e. The first kappa shape index (κ1) is 9.72. The Morgan fingerprint density at radius 2 is 1.93 bits per heavy atom. The van der Waals surface area contributed by atoms with Gasteiger partial charge >= 0.3 is 0 Å². The van der Waals surface area contributed by atoms with Gasteiger partial charge in [0.15, 0.2) is 0 Å². The van der Waals surface area contributed by atoms with E-state index >= 15 is 0 Å². The van der Waals surface area contributed by atoms with E-state index in [4.69, 9.17) is 5.73 Å². The molecule has 0 saturated heterocycles. The number of hydrogen-bond acceptors (Lipinski definition) is 1. The fourth-order valence-electron chi connectivity index (χ4n) is 2.20. The zero-order chi connectivity index (χ0) is 9.97. The summed E-state index contributed by atoms with van der Waals surface area (Å²) in [4.78, 5) is 0. The number of benzene rings is 1. The van der Waals surface area contributed by atoms with Crippen molar-refractivity contribution < 1.29 is 0 Å². The molecule has 1 heteroatoms. The van der Waals surface area contributed by atoms with Gasteiger partial charge in [0.25, 0.3) is 0 Å². The standard InChI is InChI=1S/C13H19N/c1-10(9-14)12-7-6-11-4-2-3-5-13(11)8-12/h6-8,10H,2-5,9,14H2,1H3.